The van der Waals surface area contributed by atoms with E-state index in [1.54, 1.807) is 6.07 Å². The molecule has 1 aliphatic rings. The van der Waals surface area contributed by atoms with E-state index in [1.165, 1.54) is 12.1 Å². The number of aryl methyl sites for hydroxylation is 1. The van der Waals surface area contributed by atoms with Crippen molar-refractivity contribution in [2.24, 2.45) is 5.73 Å². The molecule has 3 nitrogen and oxygen atoms in total. The molecule has 1 aliphatic carbocycles. The summed E-state index contributed by atoms with van der Waals surface area (Å²) < 4.78 is 12.9. The van der Waals surface area contributed by atoms with Crippen LogP contribution < -0.4 is 11.1 Å². The summed E-state index contributed by atoms with van der Waals surface area (Å²) in [6.45, 7) is 2.42. The van der Waals surface area contributed by atoms with Crippen LogP contribution in [0.25, 0.3) is 0 Å². The van der Waals surface area contributed by atoms with Crippen LogP contribution in [0, 0.1) is 12.7 Å². The van der Waals surface area contributed by atoms with Gasteiger partial charge in [0.25, 0.3) is 0 Å². The van der Waals surface area contributed by atoms with Gasteiger partial charge in [-0.2, -0.15) is 0 Å². The molecule has 0 radical (unpaired) electrons. The summed E-state index contributed by atoms with van der Waals surface area (Å²) in [7, 11) is 0. The van der Waals surface area contributed by atoms with Crippen LogP contribution in [0.3, 0.4) is 0 Å². The highest BCUT2D eigenvalue weighted by Crippen LogP contribution is 2.28. The van der Waals surface area contributed by atoms with Crippen molar-refractivity contribution in [2.75, 3.05) is 6.54 Å². The second-order valence-electron chi connectivity index (χ2n) is 5.09. The molecule has 3 N–H and O–H groups in total. The predicted molar refractivity (Wildman–Crippen MR) is 75.9 cm³/mol. The minimum Gasteiger partial charge on any atom is -0.354 e. The Balaban J connectivity index is 0.00000180. The molecule has 0 aliphatic heterocycles. The van der Waals surface area contributed by atoms with Crippen molar-refractivity contribution in [3.63, 3.8) is 0 Å². The molecular formula is C14H20ClFN2O. The summed E-state index contributed by atoms with van der Waals surface area (Å²) in [4.78, 5) is 11.8. The quantitative estimate of drug-likeness (QED) is 0.890. The lowest BCUT2D eigenvalue weighted by atomic mass is 9.77. The Morgan fingerprint density at radius 1 is 1.47 bits per heavy atom. The minimum atomic E-state index is -0.641. The van der Waals surface area contributed by atoms with E-state index in [2.05, 4.69) is 5.32 Å². The molecule has 0 saturated heterocycles. The number of carbonyl (C=O) groups excluding carboxylic acids is 1. The van der Waals surface area contributed by atoms with Crippen molar-refractivity contribution in [2.45, 2.75) is 38.1 Å². The summed E-state index contributed by atoms with van der Waals surface area (Å²) in [5, 5.41) is 2.86. The number of carbonyl (C=O) groups is 1. The Bertz CT molecular complexity index is 461. The Morgan fingerprint density at radius 2 is 2.16 bits per heavy atom. The molecule has 1 saturated carbocycles. The predicted octanol–water partition coefficient (Wildman–Crippen LogP) is 2.10. The van der Waals surface area contributed by atoms with Crippen molar-refractivity contribution in [3.8, 4) is 0 Å². The molecule has 0 atom stereocenters. The van der Waals surface area contributed by atoms with Crippen molar-refractivity contribution in [1.82, 2.24) is 5.32 Å². The maximum atomic E-state index is 12.9. The van der Waals surface area contributed by atoms with Crippen LogP contribution in [0.4, 0.5) is 4.39 Å². The van der Waals surface area contributed by atoms with Crippen molar-refractivity contribution >= 4 is 18.3 Å². The Hall–Kier alpha value is -1.13. The summed E-state index contributed by atoms with van der Waals surface area (Å²) in [6, 6.07) is 4.71. The summed E-state index contributed by atoms with van der Waals surface area (Å²) >= 11 is 0. The van der Waals surface area contributed by atoms with Gasteiger partial charge in [-0.05, 0) is 55.9 Å². The van der Waals surface area contributed by atoms with E-state index in [4.69, 9.17) is 5.73 Å². The fraction of sp³-hybridized carbons (Fsp3) is 0.500. The number of nitrogens with two attached hydrogens (primary N) is 1. The number of amides is 1. The molecular weight excluding hydrogens is 267 g/mol. The highest BCUT2D eigenvalue weighted by Gasteiger charge is 2.39. The third-order valence-electron chi connectivity index (χ3n) is 3.68. The molecule has 0 bridgehead atoms. The molecule has 2 rings (SSSR count). The number of rotatable bonds is 4. The summed E-state index contributed by atoms with van der Waals surface area (Å²) in [5.41, 5.74) is 7.24. The van der Waals surface area contributed by atoms with E-state index in [1.807, 2.05) is 6.92 Å². The first-order chi connectivity index (χ1) is 8.51. The molecule has 0 aromatic heterocycles. The first-order valence-electron chi connectivity index (χ1n) is 6.33. The van der Waals surface area contributed by atoms with E-state index in [-0.39, 0.29) is 24.1 Å². The topological polar surface area (TPSA) is 55.1 Å². The van der Waals surface area contributed by atoms with Gasteiger partial charge >= 0.3 is 0 Å². The molecule has 106 valence electrons. The first-order valence-corrected chi connectivity index (χ1v) is 6.33. The van der Waals surface area contributed by atoms with Gasteiger partial charge in [0.15, 0.2) is 0 Å². The highest BCUT2D eigenvalue weighted by atomic mass is 35.5. The van der Waals surface area contributed by atoms with Crippen LogP contribution in [-0.2, 0) is 11.2 Å². The monoisotopic (exact) mass is 286 g/mol. The van der Waals surface area contributed by atoms with Gasteiger partial charge < -0.3 is 11.1 Å². The first kappa shape index (κ1) is 15.9. The van der Waals surface area contributed by atoms with Gasteiger partial charge in [-0.3, -0.25) is 4.79 Å². The van der Waals surface area contributed by atoms with Crippen LogP contribution in [0.2, 0.25) is 0 Å². The van der Waals surface area contributed by atoms with Gasteiger partial charge in [-0.1, -0.05) is 6.07 Å². The Kier molecular flexibility index (Phi) is 5.32. The third kappa shape index (κ3) is 3.67. The van der Waals surface area contributed by atoms with E-state index in [0.717, 1.165) is 30.4 Å². The molecule has 1 aromatic carbocycles. The Morgan fingerprint density at radius 3 is 2.68 bits per heavy atom. The average molecular weight is 287 g/mol. The maximum Gasteiger partial charge on any atom is 0.240 e. The smallest absolute Gasteiger partial charge is 0.240 e. The van der Waals surface area contributed by atoms with Gasteiger partial charge in [0.2, 0.25) is 5.91 Å². The lowest BCUT2D eigenvalue weighted by molar-refractivity contribution is -0.129. The van der Waals surface area contributed by atoms with Crippen LogP contribution in [0.1, 0.15) is 30.4 Å². The maximum absolute atomic E-state index is 12.9. The molecule has 1 fully saturated rings. The van der Waals surface area contributed by atoms with Crippen LogP contribution in [0.5, 0.6) is 0 Å². The van der Waals surface area contributed by atoms with Gasteiger partial charge in [0.05, 0.1) is 5.54 Å². The second-order valence-corrected chi connectivity index (χ2v) is 5.09. The number of halogens is 2. The van der Waals surface area contributed by atoms with E-state index >= 15 is 0 Å². The van der Waals surface area contributed by atoms with Crippen molar-refractivity contribution < 1.29 is 9.18 Å². The zero-order chi connectivity index (χ0) is 13.2. The Labute approximate surface area is 119 Å². The van der Waals surface area contributed by atoms with Crippen LogP contribution in [-0.4, -0.2) is 18.0 Å². The molecule has 19 heavy (non-hydrogen) atoms. The van der Waals surface area contributed by atoms with Crippen LogP contribution in [0.15, 0.2) is 18.2 Å². The number of hydrogen-bond donors (Lipinski definition) is 2. The van der Waals surface area contributed by atoms with E-state index < -0.39 is 5.54 Å². The minimum absolute atomic E-state index is 0. The molecule has 0 spiro atoms. The molecule has 0 heterocycles. The average Bonchev–Trinajstić information content (AvgIpc) is 2.28. The summed E-state index contributed by atoms with van der Waals surface area (Å²) in [5.74, 6) is -0.288. The van der Waals surface area contributed by atoms with Gasteiger partial charge in [-0.25, -0.2) is 4.39 Å². The fourth-order valence-electron chi connectivity index (χ4n) is 2.21. The standard InChI is InChI=1S/C14H19FN2O.ClH/c1-10-9-12(15)4-3-11(10)5-8-17-13(18)14(16)6-2-7-14;/h3-4,9H,2,5-8,16H2,1H3,(H,17,18);1H. The van der Waals surface area contributed by atoms with Crippen molar-refractivity contribution in [1.29, 1.82) is 0 Å². The van der Waals surface area contributed by atoms with Gasteiger partial charge in [0.1, 0.15) is 5.82 Å². The van der Waals surface area contributed by atoms with E-state index in [0.29, 0.717) is 13.0 Å². The highest BCUT2D eigenvalue weighted by molar-refractivity contribution is 5.87. The second kappa shape index (κ2) is 6.35. The fourth-order valence-corrected chi connectivity index (χ4v) is 2.21. The number of nitrogens with one attached hydrogen (secondary N) is 1. The largest absolute Gasteiger partial charge is 0.354 e. The number of benzene rings is 1. The van der Waals surface area contributed by atoms with Gasteiger partial charge in [0, 0.05) is 6.54 Å². The van der Waals surface area contributed by atoms with Gasteiger partial charge in [-0.15, -0.1) is 12.4 Å². The molecule has 0 unspecified atom stereocenters. The van der Waals surface area contributed by atoms with Crippen molar-refractivity contribution in [3.05, 3.63) is 35.1 Å². The third-order valence-corrected chi connectivity index (χ3v) is 3.68. The molecule has 1 amide bonds. The molecule has 1 aromatic rings. The number of hydrogen-bond acceptors (Lipinski definition) is 2. The zero-order valence-corrected chi connectivity index (χ0v) is 11.9. The SMILES string of the molecule is Cc1cc(F)ccc1CCNC(=O)C1(N)CCC1.Cl. The zero-order valence-electron chi connectivity index (χ0n) is 11.0. The van der Waals surface area contributed by atoms with E-state index in [9.17, 15) is 9.18 Å². The lowest BCUT2D eigenvalue weighted by Gasteiger charge is -2.36. The normalized spacial score (nSPS) is 16.2. The lowest BCUT2D eigenvalue weighted by Crippen LogP contribution is -2.58. The molecule has 5 heteroatoms. The van der Waals surface area contributed by atoms with Crippen LogP contribution >= 0.6 is 12.4 Å². The summed E-state index contributed by atoms with van der Waals surface area (Å²) in [6.07, 6.45) is 3.28.